The fraction of sp³-hybridized carbons (Fsp3) is 0.190. The average molecular weight is 329 g/mol. The summed E-state index contributed by atoms with van der Waals surface area (Å²) in [7, 11) is 0. The molecule has 0 radical (unpaired) electrons. The molecule has 0 aliphatic heterocycles. The lowest BCUT2D eigenvalue weighted by molar-refractivity contribution is 0.0956. The van der Waals surface area contributed by atoms with Crippen molar-refractivity contribution in [1.82, 2.24) is 10.4 Å². The second-order valence-electron chi connectivity index (χ2n) is 6.44. The fourth-order valence-electron chi connectivity index (χ4n) is 2.92. The van der Waals surface area contributed by atoms with Gasteiger partial charge in [-0.1, -0.05) is 42.5 Å². The first-order valence-corrected chi connectivity index (χ1v) is 8.51. The summed E-state index contributed by atoms with van der Waals surface area (Å²) >= 11 is 0. The standard InChI is InChI=1S/C21H19N3O/c1-14-6-2-3-7-16(14)13-22-24-21(25)18-12-20(15-10-11-15)23-19-9-5-4-8-17(18)19/h2-9,12-13,15H,10-11H2,1H3,(H,24,25). The Morgan fingerprint density at radius 3 is 2.72 bits per heavy atom. The molecule has 1 amide bonds. The Balaban J connectivity index is 1.62. The summed E-state index contributed by atoms with van der Waals surface area (Å²) in [4.78, 5) is 17.4. The molecule has 0 saturated heterocycles. The largest absolute Gasteiger partial charge is 0.272 e. The molecule has 0 spiro atoms. The monoisotopic (exact) mass is 329 g/mol. The number of hydrogen-bond acceptors (Lipinski definition) is 3. The highest BCUT2D eigenvalue weighted by Crippen LogP contribution is 2.40. The van der Waals surface area contributed by atoms with Crippen molar-refractivity contribution in [2.24, 2.45) is 5.10 Å². The molecule has 25 heavy (non-hydrogen) atoms. The van der Waals surface area contributed by atoms with Crippen molar-refractivity contribution in [3.63, 3.8) is 0 Å². The van der Waals surface area contributed by atoms with Gasteiger partial charge in [-0.2, -0.15) is 5.10 Å². The number of para-hydroxylation sites is 1. The molecule has 0 bridgehead atoms. The third-order valence-electron chi connectivity index (χ3n) is 4.53. The number of aryl methyl sites for hydroxylation is 1. The Morgan fingerprint density at radius 2 is 1.92 bits per heavy atom. The number of amides is 1. The van der Waals surface area contributed by atoms with Gasteiger partial charge in [0.1, 0.15) is 0 Å². The van der Waals surface area contributed by atoms with Gasteiger partial charge in [-0.25, -0.2) is 5.43 Å². The van der Waals surface area contributed by atoms with E-state index in [0.717, 1.165) is 40.6 Å². The van der Waals surface area contributed by atoms with Crippen LogP contribution in [0.1, 0.15) is 45.9 Å². The molecule has 1 heterocycles. The second-order valence-corrected chi connectivity index (χ2v) is 6.44. The molecular formula is C21H19N3O. The average Bonchev–Trinajstić information content (AvgIpc) is 3.47. The number of hydrazone groups is 1. The third-order valence-corrected chi connectivity index (χ3v) is 4.53. The van der Waals surface area contributed by atoms with E-state index in [1.54, 1.807) is 6.21 Å². The third kappa shape index (κ3) is 3.29. The van der Waals surface area contributed by atoms with Gasteiger partial charge in [0.25, 0.3) is 5.91 Å². The Hall–Kier alpha value is -3.01. The van der Waals surface area contributed by atoms with E-state index < -0.39 is 0 Å². The molecule has 1 N–H and O–H groups in total. The first kappa shape index (κ1) is 15.5. The summed E-state index contributed by atoms with van der Waals surface area (Å²) in [6.07, 6.45) is 3.98. The van der Waals surface area contributed by atoms with Gasteiger partial charge < -0.3 is 0 Å². The molecular weight excluding hydrogens is 310 g/mol. The van der Waals surface area contributed by atoms with Crippen molar-refractivity contribution in [1.29, 1.82) is 0 Å². The smallest absolute Gasteiger partial charge is 0.267 e. The quantitative estimate of drug-likeness (QED) is 0.576. The van der Waals surface area contributed by atoms with Gasteiger partial charge in [-0.05, 0) is 43.0 Å². The van der Waals surface area contributed by atoms with Gasteiger partial charge in [0.05, 0.1) is 17.3 Å². The van der Waals surface area contributed by atoms with Crippen LogP contribution in [-0.4, -0.2) is 17.1 Å². The second kappa shape index (κ2) is 6.48. The van der Waals surface area contributed by atoms with Crippen LogP contribution < -0.4 is 5.43 Å². The zero-order valence-electron chi connectivity index (χ0n) is 14.1. The Kier molecular flexibility index (Phi) is 4.02. The Bertz CT molecular complexity index is 974. The van der Waals surface area contributed by atoms with Crippen LogP contribution in [-0.2, 0) is 0 Å². The van der Waals surface area contributed by atoms with Crippen LogP contribution in [0.3, 0.4) is 0 Å². The molecule has 4 nitrogen and oxygen atoms in total. The maximum atomic E-state index is 12.7. The molecule has 1 aliphatic carbocycles. The topological polar surface area (TPSA) is 54.4 Å². The molecule has 124 valence electrons. The van der Waals surface area contributed by atoms with Crippen molar-refractivity contribution < 1.29 is 4.79 Å². The van der Waals surface area contributed by atoms with Gasteiger partial charge in [0.2, 0.25) is 0 Å². The number of carbonyl (C=O) groups excluding carboxylic acids is 1. The van der Waals surface area contributed by atoms with Crippen molar-refractivity contribution in [3.8, 4) is 0 Å². The van der Waals surface area contributed by atoms with Crippen molar-refractivity contribution in [2.45, 2.75) is 25.7 Å². The minimum atomic E-state index is -0.203. The molecule has 1 saturated carbocycles. The van der Waals surface area contributed by atoms with E-state index in [4.69, 9.17) is 4.98 Å². The van der Waals surface area contributed by atoms with Crippen LogP contribution >= 0.6 is 0 Å². The molecule has 1 aromatic heterocycles. The number of hydrogen-bond donors (Lipinski definition) is 1. The summed E-state index contributed by atoms with van der Waals surface area (Å²) in [5.74, 6) is 0.289. The zero-order valence-corrected chi connectivity index (χ0v) is 14.1. The normalized spacial score (nSPS) is 14.1. The van der Waals surface area contributed by atoms with Crippen molar-refractivity contribution in [2.75, 3.05) is 0 Å². The molecule has 1 aliphatic rings. The number of nitrogens with zero attached hydrogens (tertiary/aromatic N) is 2. The number of rotatable bonds is 4. The first-order chi connectivity index (χ1) is 12.2. The maximum absolute atomic E-state index is 12.7. The van der Waals surface area contributed by atoms with Crippen LogP contribution in [0.25, 0.3) is 10.9 Å². The van der Waals surface area contributed by atoms with Crippen LogP contribution in [0, 0.1) is 6.92 Å². The number of nitrogens with one attached hydrogen (secondary N) is 1. The molecule has 0 atom stereocenters. The summed E-state index contributed by atoms with van der Waals surface area (Å²) in [6.45, 7) is 2.02. The lowest BCUT2D eigenvalue weighted by atomic mass is 10.1. The number of benzene rings is 2. The van der Waals surface area contributed by atoms with Crippen molar-refractivity contribution in [3.05, 3.63) is 77.0 Å². The Morgan fingerprint density at radius 1 is 1.16 bits per heavy atom. The summed E-state index contributed by atoms with van der Waals surface area (Å²) in [5.41, 5.74) is 7.26. The van der Waals surface area contributed by atoms with Crippen LogP contribution in [0.4, 0.5) is 0 Å². The Labute approximate surface area is 146 Å². The van der Waals surface area contributed by atoms with Gasteiger partial charge in [-0.15, -0.1) is 0 Å². The van der Waals surface area contributed by atoms with Gasteiger partial charge >= 0.3 is 0 Å². The number of carbonyl (C=O) groups is 1. The fourth-order valence-corrected chi connectivity index (χ4v) is 2.92. The lowest BCUT2D eigenvalue weighted by Gasteiger charge is -2.08. The highest BCUT2D eigenvalue weighted by molar-refractivity contribution is 6.06. The minimum Gasteiger partial charge on any atom is -0.267 e. The van der Waals surface area contributed by atoms with E-state index >= 15 is 0 Å². The van der Waals surface area contributed by atoms with Crippen LogP contribution in [0.2, 0.25) is 0 Å². The SMILES string of the molecule is Cc1ccccc1C=NNC(=O)c1cc(C2CC2)nc2ccccc12. The summed E-state index contributed by atoms with van der Waals surface area (Å²) in [6, 6.07) is 17.6. The molecule has 0 unspecified atom stereocenters. The van der Waals surface area contributed by atoms with E-state index in [1.807, 2.05) is 61.5 Å². The van der Waals surface area contributed by atoms with E-state index in [0.29, 0.717) is 11.5 Å². The predicted octanol–water partition coefficient (Wildman–Crippen LogP) is 4.18. The van der Waals surface area contributed by atoms with E-state index in [2.05, 4.69) is 10.5 Å². The number of pyridine rings is 1. The van der Waals surface area contributed by atoms with Crippen LogP contribution in [0.15, 0.2) is 59.7 Å². The highest BCUT2D eigenvalue weighted by atomic mass is 16.2. The number of aromatic nitrogens is 1. The summed E-state index contributed by atoms with van der Waals surface area (Å²) in [5, 5.41) is 4.99. The van der Waals surface area contributed by atoms with Gasteiger partial charge in [-0.3, -0.25) is 9.78 Å². The van der Waals surface area contributed by atoms with E-state index in [-0.39, 0.29) is 5.91 Å². The first-order valence-electron chi connectivity index (χ1n) is 8.51. The molecule has 1 fully saturated rings. The van der Waals surface area contributed by atoms with Crippen molar-refractivity contribution >= 4 is 23.0 Å². The summed E-state index contributed by atoms with van der Waals surface area (Å²) < 4.78 is 0. The molecule has 2 aromatic carbocycles. The van der Waals surface area contributed by atoms with Gasteiger partial charge in [0.15, 0.2) is 0 Å². The van der Waals surface area contributed by atoms with Gasteiger partial charge in [0, 0.05) is 17.0 Å². The zero-order chi connectivity index (χ0) is 17.2. The highest BCUT2D eigenvalue weighted by Gasteiger charge is 2.26. The maximum Gasteiger partial charge on any atom is 0.272 e. The minimum absolute atomic E-state index is 0.203. The van der Waals surface area contributed by atoms with E-state index in [9.17, 15) is 4.79 Å². The molecule has 4 rings (SSSR count). The molecule has 4 heteroatoms. The predicted molar refractivity (Wildman–Crippen MR) is 100.0 cm³/mol. The van der Waals surface area contributed by atoms with E-state index in [1.165, 1.54) is 0 Å². The number of fused-ring (bicyclic) bond motifs is 1. The van der Waals surface area contributed by atoms with Crippen LogP contribution in [0.5, 0.6) is 0 Å². The lowest BCUT2D eigenvalue weighted by Crippen LogP contribution is -2.18. The molecule has 3 aromatic rings.